The molecule has 2 rings (SSSR count). The second-order valence-electron chi connectivity index (χ2n) is 2.64. The predicted octanol–water partition coefficient (Wildman–Crippen LogP) is 1.67. The van der Waals surface area contributed by atoms with E-state index in [0.29, 0.717) is 5.01 Å². The van der Waals surface area contributed by atoms with Crippen LogP contribution in [-0.4, -0.2) is 15.9 Å². The van der Waals surface area contributed by atoms with Gasteiger partial charge in [0.15, 0.2) is 5.01 Å². The Morgan fingerprint density at radius 1 is 1.57 bits per heavy atom. The molecule has 2 aromatic rings. The van der Waals surface area contributed by atoms with Gasteiger partial charge in [-0.2, -0.15) is 0 Å². The highest BCUT2D eigenvalue weighted by Crippen LogP contribution is 2.30. The van der Waals surface area contributed by atoms with E-state index in [1.54, 1.807) is 6.20 Å². The van der Waals surface area contributed by atoms with Crippen LogP contribution in [-0.2, 0) is 0 Å². The lowest BCUT2D eigenvalue weighted by Crippen LogP contribution is -2.10. The summed E-state index contributed by atoms with van der Waals surface area (Å²) >= 11 is 2.81. The molecule has 1 amide bonds. The minimum atomic E-state index is -0.485. The van der Waals surface area contributed by atoms with Gasteiger partial charge in [0.2, 0.25) is 0 Å². The van der Waals surface area contributed by atoms with Crippen molar-refractivity contribution in [2.45, 2.75) is 6.92 Å². The van der Waals surface area contributed by atoms with Crippen molar-refractivity contribution in [2.24, 2.45) is 5.73 Å². The molecule has 6 heteroatoms. The molecule has 0 unspecified atom stereocenters. The number of thiazole rings is 2. The van der Waals surface area contributed by atoms with Crippen LogP contribution >= 0.6 is 22.7 Å². The van der Waals surface area contributed by atoms with Gasteiger partial charge in [0.25, 0.3) is 5.91 Å². The highest BCUT2D eigenvalue weighted by molar-refractivity contribution is 7.21. The van der Waals surface area contributed by atoms with Crippen molar-refractivity contribution in [1.29, 1.82) is 0 Å². The molecule has 4 nitrogen and oxygen atoms in total. The average Bonchev–Trinajstić information content (AvgIpc) is 2.71. The Morgan fingerprint density at radius 3 is 2.86 bits per heavy atom. The van der Waals surface area contributed by atoms with Crippen molar-refractivity contribution in [1.82, 2.24) is 9.97 Å². The second kappa shape index (κ2) is 3.47. The third kappa shape index (κ3) is 1.53. The van der Waals surface area contributed by atoms with E-state index in [2.05, 4.69) is 9.97 Å². The molecule has 0 bridgehead atoms. The zero-order valence-electron chi connectivity index (χ0n) is 7.35. The van der Waals surface area contributed by atoms with Crippen LogP contribution in [0.2, 0.25) is 0 Å². The normalized spacial score (nSPS) is 10.4. The van der Waals surface area contributed by atoms with E-state index in [9.17, 15) is 4.79 Å². The summed E-state index contributed by atoms with van der Waals surface area (Å²) in [7, 11) is 0. The Kier molecular flexibility index (Phi) is 2.30. The van der Waals surface area contributed by atoms with Crippen molar-refractivity contribution in [3.05, 3.63) is 22.3 Å². The van der Waals surface area contributed by atoms with Gasteiger partial charge >= 0.3 is 0 Å². The maximum absolute atomic E-state index is 10.9. The molecular formula is C8H7N3OS2. The molecule has 72 valence electrons. The van der Waals surface area contributed by atoms with Gasteiger partial charge < -0.3 is 5.73 Å². The highest BCUT2D eigenvalue weighted by atomic mass is 32.1. The van der Waals surface area contributed by atoms with E-state index >= 15 is 0 Å². The first-order valence-corrected chi connectivity index (χ1v) is 5.55. The Hall–Kier alpha value is -1.27. The van der Waals surface area contributed by atoms with Gasteiger partial charge in [-0.25, -0.2) is 9.97 Å². The van der Waals surface area contributed by atoms with Gasteiger partial charge in [-0.1, -0.05) is 0 Å². The van der Waals surface area contributed by atoms with E-state index in [1.165, 1.54) is 22.7 Å². The van der Waals surface area contributed by atoms with Crippen molar-refractivity contribution in [2.75, 3.05) is 0 Å². The number of carbonyl (C=O) groups is 1. The third-order valence-corrected chi connectivity index (χ3v) is 3.73. The Labute approximate surface area is 88.4 Å². The van der Waals surface area contributed by atoms with Crippen LogP contribution in [0.15, 0.2) is 11.6 Å². The Morgan fingerprint density at radius 2 is 2.36 bits per heavy atom. The third-order valence-electron chi connectivity index (χ3n) is 1.63. The summed E-state index contributed by atoms with van der Waals surface area (Å²) in [4.78, 5) is 20.0. The maximum atomic E-state index is 10.9. The fraction of sp³-hybridized carbons (Fsp3) is 0.125. The average molecular weight is 225 g/mol. The molecule has 2 N–H and O–H groups in total. The second-order valence-corrected chi connectivity index (χ2v) is 4.53. The van der Waals surface area contributed by atoms with Gasteiger partial charge in [0.05, 0.1) is 10.6 Å². The zero-order valence-corrected chi connectivity index (χ0v) is 8.98. The Balaban J connectivity index is 2.50. The SMILES string of the molecule is Cc1nc(C(N)=O)sc1-c1nccs1. The summed E-state index contributed by atoms with van der Waals surface area (Å²) in [6.45, 7) is 1.85. The number of aryl methyl sites for hydroxylation is 1. The van der Waals surface area contributed by atoms with Crippen LogP contribution in [0.1, 0.15) is 15.5 Å². The van der Waals surface area contributed by atoms with Crippen molar-refractivity contribution >= 4 is 28.6 Å². The summed E-state index contributed by atoms with van der Waals surface area (Å²) < 4.78 is 0. The van der Waals surface area contributed by atoms with Crippen LogP contribution in [0.5, 0.6) is 0 Å². The lowest BCUT2D eigenvalue weighted by atomic mass is 10.4. The van der Waals surface area contributed by atoms with E-state index in [-0.39, 0.29) is 0 Å². The number of nitrogens with two attached hydrogens (primary N) is 1. The molecule has 0 saturated carbocycles. The Bertz CT molecular complexity index is 461. The maximum Gasteiger partial charge on any atom is 0.277 e. The summed E-state index contributed by atoms with van der Waals surface area (Å²) in [6, 6.07) is 0. The number of rotatable bonds is 2. The van der Waals surface area contributed by atoms with Gasteiger partial charge in [0, 0.05) is 11.6 Å². The first-order valence-electron chi connectivity index (χ1n) is 3.85. The van der Waals surface area contributed by atoms with E-state index in [4.69, 9.17) is 5.73 Å². The summed E-state index contributed by atoms with van der Waals surface area (Å²) in [5.74, 6) is -0.485. The van der Waals surface area contributed by atoms with Crippen molar-refractivity contribution in [3.63, 3.8) is 0 Å². The lowest BCUT2D eigenvalue weighted by molar-refractivity contribution is 0.1000. The number of aromatic nitrogens is 2. The smallest absolute Gasteiger partial charge is 0.277 e. The van der Waals surface area contributed by atoms with Gasteiger partial charge in [0.1, 0.15) is 5.01 Å². The molecule has 2 aromatic heterocycles. The zero-order chi connectivity index (χ0) is 10.1. The van der Waals surface area contributed by atoms with Crippen LogP contribution < -0.4 is 5.73 Å². The minimum absolute atomic E-state index is 0.340. The summed E-state index contributed by atoms with van der Waals surface area (Å²) in [6.07, 6.45) is 1.73. The number of nitrogens with zero attached hydrogens (tertiary/aromatic N) is 2. The molecule has 0 aliphatic rings. The van der Waals surface area contributed by atoms with Crippen LogP contribution in [0.25, 0.3) is 9.88 Å². The molecule has 14 heavy (non-hydrogen) atoms. The fourth-order valence-electron chi connectivity index (χ4n) is 1.04. The van der Waals surface area contributed by atoms with Gasteiger partial charge in [-0.3, -0.25) is 4.79 Å². The molecular weight excluding hydrogens is 218 g/mol. The van der Waals surface area contributed by atoms with Crippen molar-refractivity contribution in [3.8, 4) is 9.88 Å². The largest absolute Gasteiger partial charge is 0.364 e. The number of hydrogen-bond acceptors (Lipinski definition) is 5. The predicted molar refractivity (Wildman–Crippen MR) is 56.5 cm³/mol. The number of carbonyl (C=O) groups excluding carboxylic acids is 1. The fourth-order valence-corrected chi connectivity index (χ4v) is 2.74. The highest BCUT2D eigenvalue weighted by Gasteiger charge is 2.14. The first kappa shape index (κ1) is 9.29. The quantitative estimate of drug-likeness (QED) is 0.845. The molecule has 0 aliphatic heterocycles. The lowest BCUT2D eigenvalue weighted by Gasteiger charge is -1.88. The van der Waals surface area contributed by atoms with E-state index in [0.717, 1.165) is 15.6 Å². The van der Waals surface area contributed by atoms with Gasteiger partial charge in [-0.15, -0.1) is 22.7 Å². The first-order chi connectivity index (χ1) is 6.68. The molecule has 0 fully saturated rings. The van der Waals surface area contributed by atoms with Crippen LogP contribution in [0, 0.1) is 6.92 Å². The van der Waals surface area contributed by atoms with Crippen LogP contribution in [0.3, 0.4) is 0 Å². The molecule has 0 saturated heterocycles. The molecule has 0 atom stereocenters. The molecule has 0 aliphatic carbocycles. The summed E-state index contributed by atoms with van der Waals surface area (Å²) in [5, 5.41) is 3.11. The minimum Gasteiger partial charge on any atom is -0.364 e. The number of hydrogen-bond donors (Lipinski definition) is 1. The molecule has 0 radical (unpaired) electrons. The van der Waals surface area contributed by atoms with E-state index in [1.807, 2.05) is 12.3 Å². The van der Waals surface area contributed by atoms with E-state index < -0.39 is 5.91 Å². The molecule has 0 spiro atoms. The number of amides is 1. The molecule has 0 aromatic carbocycles. The molecule has 2 heterocycles. The number of primary amides is 1. The monoisotopic (exact) mass is 225 g/mol. The van der Waals surface area contributed by atoms with Gasteiger partial charge in [-0.05, 0) is 6.92 Å². The van der Waals surface area contributed by atoms with Crippen LogP contribution in [0.4, 0.5) is 0 Å². The standard InChI is InChI=1S/C8H7N3OS2/c1-4-5(7-10-2-3-13-7)14-8(11-4)6(9)12/h2-3H,1H3,(H2,9,12). The topological polar surface area (TPSA) is 68.9 Å². The summed E-state index contributed by atoms with van der Waals surface area (Å²) in [5.41, 5.74) is 5.95. The van der Waals surface area contributed by atoms with Crippen molar-refractivity contribution < 1.29 is 4.79 Å².